The monoisotopic (exact) mass is 332 g/mol. The van der Waals surface area contributed by atoms with Crippen molar-refractivity contribution in [1.29, 1.82) is 0 Å². The van der Waals surface area contributed by atoms with Gasteiger partial charge in [0.15, 0.2) is 0 Å². The molecule has 1 aliphatic rings. The molecule has 3 unspecified atom stereocenters. The number of halogens is 3. The van der Waals surface area contributed by atoms with Gasteiger partial charge in [-0.1, -0.05) is 44.5 Å². The maximum absolute atomic E-state index is 12.6. The lowest BCUT2D eigenvalue weighted by Gasteiger charge is -2.18. The van der Waals surface area contributed by atoms with Crippen LogP contribution in [0, 0.1) is 11.3 Å². The number of alkyl halides is 2. The number of Topliss-reactive ketones (excluding diaryl/α,β-unsaturated/α-hetero) is 1. The van der Waals surface area contributed by atoms with Crippen molar-refractivity contribution in [1.82, 2.24) is 0 Å². The van der Waals surface area contributed by atoms with Crippen LogP contribution in [0.25, 0.3) is 0 Å². The third kappa shape index (κ3) is 2.38. The van der Waals surface area contributed by atoms with Gasteiger partial charge in [-0.15, -0.1) is 23.2 Å². The van der Waals surface area contributed by atoms with Crippen molar-refractivity contribution in [3.05, 3.63) is 34.9 Å². The van der Waals surface area contributed by atoms with E-state index in [0.717, 1.165) is 5.56 Å². The van der Waals surface area contributed by atoms with Gasteiger partial charge in [0.2, 0.25) is 0 Å². The number of carbonyl (C=O) groups is 1. The second kappa shape index (κ2) is 5.51. The van der Waals surface area contributed by atoms with E-state index in [1.54, 1.807) is 0 Å². The van der Waals surface area contributed by atoms with Gasteiger partial charge in [0.25, 0.3) is 0 Å². The summed E-state index contributed by atoms with van der Waals surface area (Å²) in [5, 5.41) is 0.702. The average molecular weight is 334 g/mol. The topological polar surface area (TPSA) is 17.1 Å². The Labute approximate surface area is 135 Å². The maximum atomic E-state index is 12.6. The van der Waals surface area contributed by atoms with Crippen LogP contribution in [0.2, 0.25) is 5.02 Å². The molecule has 4 heteroatoms. The van der Waals surface area contributed by atoms with E-state index >= 15 is 0 Å². The Hall–Kier alpha value is -0.240. The standard InChI is InChI=1S/C16H19Cl3O/c1-4-15(11(3)16(15,18)19)14(20)9-10(2)12-5-7-13(17)8-6-12/h5-8,10-11H,4,9H2,1-3H3. The van der Waals surface area contributed by atoms with E-state index in [4.69, 9.17) is 34.8 Å². The van der Waals surface area contributed by atoms with Crippen molar-refractivity contribution in [3.63, 3.8) is 0 Å². The van der Waals surface area contributed by atoms with Crippen LogP contribution in [0.1, 0.15) is 45.1 Å². The van der Waals surface area contributed by atoms with Gasteiger partial charge in [-0.05, 0) is 30.0 Å². The number of hydrogen-bond donors (Lipinski definition) is 0. The number of benzene rings is 1. The number of carbonyl (C=O) groups excluding carboxylic acids is 1. The van der Waals surface area contributed by atoms with E-state index in [2.05, 4.69) is 0 Å². The molecule has 0 aliphatic heterocycles. The van der Waals surface area contributed by atoms with Gasteiger partial charge in [0.1, 0.15) is 10.1 Å². The van der Waals surface area contributed by atoms with Crippen molar-refractivity contribution < 1.29 is 4.79 Å². The summed E-state index contributed by atoms with van der Waals surface area (Å²) in [4.78, 5) is 12.6. The largest absolute Gasteiger partial charge is 0.299 e. The first kappa shape index (κ1) is 16.1. The van der Waals surface area contributed by atoms with E-state index in [9.17, 15) is 4.79 Å². The van der Waals surface area contributed by atoms with Gasteiger partial charge in [-0.2, -0.15) is 0 Å². The number of ketones is 1. The molecule has 0 radical (unpaired) electrons. The van der Waals surface area contributed by atoms with Crippen LogP contribution >= 0.6 is 34.8 Å². The van der Waals surface area contributed by atoms with E-state index < -0.39 is 9.75 Å². The summed E-state index contributed by atoms with van der Waals surface area (Å²) in [6, 6.07) is 7.62. The Morgan fingerprint density at radius 3 is 2.20 bits per heavy atom. The molecule has 0 N–H and O–H groups in total. The van der Waals surface area contributed by atoms with Gasteiger partial charge < -0.3 is 0 Å². The molecule has 1 aliphatic carbocycles. The molecule has 1 saturated carbocycles. The fraction of sp³-hybridized carbons (Fsp3) is 0.562. The van der Waals surface area contributed by atoms with Gasteiger partial charge >= 0.3 is 0 Å². The van der Waals surface area contributed by atoms with Crippen molar-refractivity contribution in [2.24, 2.45) is 11.3 Å². The van der Waals surface area contributed by atoms with Crippen molar-refractivity contribution >= 4 is 40.6 Å². The number of hydrogen-bond acceptors (Lipinski definition) is 1. The molecule has 2 rings (SSSR count). The van der Waals surface area contributed by atoms with E-state index in [-0.39, 0.29) is 17.6 Å². The highest BCUT2D eigenvalue weighted by atomic mass is 35.5. The minimum atomic E-state index is -0.904. The average Bonchev–Trinajstić information content (AvgIpc) is 2.84. The molecule has 3 atom stereocenters. The van der Waals surface area contributed by atoms with Gasteiger partial charge in [0, 0.05) is 17.4 Å². The summed E-state index contributed by atoms with van der Waals surface area (Å²) in [6.07, 6.45) is 1.15. The molecule has 1 nitrogen and oxygen atoms in total. The molecule has 0 bridgehead atoms. The highest BCUT2D eigenvalue weighted by molar-refractivity contribution is 6.53. The fourth-order valence-corrected chi connectivity index (χ4v) is 4.37. The quantitative estimate of drug-likeness (QED) is 0.639. The van der Waals surface area contributed by atoms with Crippen LogP contribution < -0.4 is 0 Å². The second-order valence-corrected chi connectivity index (χ2v) is 7.57. The first-order valence-electron chi connectivity index (χ1n) is 6.94. The zero-order chi connectivity index (χ0) is 15.1. The van der Waals surface area contributed by atoms with Crippen LogP contribution in [0.15, 0.2) is 24.3 Å². The molecule has 0 heterocycles. The Morgan fingerprint density at radius 2 is 1.80 bits per heavy atom. The molecule has 1 aromatic rings. The highest BCUT2D eigenvalue weighted by Gasteiger charge is 2.75. The summed E-state index contributed by atoms with van der Waals surface area (Å²) < 4.78 is -0.904. The molecular weight excluding hydrogens is 315 g/mol. The molecule has 1 fully saturated rings. The SMILES string of the molecule is CCC1(C(=O)CC(C)c2ccc(Cl)cc2)C(C)C1(Cl)Cl. The highest BCUT2D eigenvalue weighted by Crippen LogP contribution is 2.71. The third-order valence-electron chi connectivity index (χ3n) is 4.78. The maximum Gasteiger partial charge on any atom is 0.143 e. The molecule has 1 aromatic carbocycles. The fourth-order valence-electron chi connectivity index (χ4n) is 3.18. The molecule has 0 aromatic heterocycles. The molecule has 0 saturated heterocycles. The Morgan fingerprint density at radius 1 is 1.30 bits per heavy atom. The number of rotatable bonds is 5. The molecule has 20 heavy (non-hydrogen) atoms. The lowest BCUT2D eigenvalue weighted by atomic mass is 9.86. The van der Waals surface area contributed by atoms with Crippen LogP contribution in [-0.2, 0) is 4.79 Å². The predicted octanol–water partition coefficient (Wildman–Crippen LogP) is 5.62. The Balaban J connectivity index is 2.11. The van der Waals surface area contributed by atoms with E-state index in [1.165, 1.54) is 0 Å². The zero-order valence-electron chi connectivity index (χ0n) is 11.9. The summed E-state index contributed by atoms with van der Waals surface area (Å²) in [7, 11) is 0. The van der Waals surface area contributed by atoms with Crippen LogP contribution in [0.4, 0.5) is 0 Å². The molecule has 110 valence electrons. The first-order chi connectivity index (χ1) is 9.27. The van der Waals surface area contributed by atoms with Gasteiger partial charge in [-0.3, -0.25) is 4.79 Å². The Bertz CT molecular complexity index is 509. The van der Waals surface area contributed by atoms with Crippen LogP contribution in [0.3, 0.4) is 0 Å². The van der Waals surface area contributed by atoms with E-state index in [0.29, 0.717) is 17.9 Å². The van der Waals surface area contributed by atoms with Gasteiger partial charge in [-0.25, -0.2) is 0 Å². The van der Waals surface area contributed by atoms with E-state index in [1.807, 2.05) is 45.0 Å². The summed E-state index contributed by atoms with van der Waals surface area (Å²) in [6.45, 7) is 5.98. The molecular formula is C16H19Cl3O. The molecule has 0 amide bonds. The predicted molar refractivity (Wildman–Crippen MR) is 85.8 cm³/mol. The van der Waals surface area contributed by atoms with Crippen LogP contribution in [0.5, 0.6) is 0 Å². The van der Waals surface area contributed by atoms with Crippen molar-refractivity contribution in [3.8, 4) is 0 Å². The first-order valence-corrected chi connectivity index (χ1v) is 8.07. The molecule has 0 spiro atoms. The van der Waals surface area contributed by atoms with Crippen LogP contribution in [-0.4, -0.2) is 10.1 Å². The van der Waals surface area contributed by atoms with Crippen molar-refractivity contribution in [2.45, 2.75) is 43.9 Å². The second-order valence-electron chi connectivity index (χ2n) is 5.75. The minimum absolute atomic E-state index is 0.0215. The normalized spacial score (nSPS) is 29.0. The summed E-state index contributed by atoms with van der Waals surface area (Å²) >= 11 is 18.5. The zero-order valence-corrected chi connectivity index (χ0v) is 14.2. The lowest BCUT2D eigenvalue weighted by Crippen LogP contribution is -2.23. The van der Waals surface area contributed by atoms with Gasteiger partial charge in [0.05, 0.1) is 5.41 Å². The minimum Gasteiger partial charge on any atom is -0.299 e. The smallest absolute Gasteiger partial charge is 0.143 e. The van der Waals surface area contributed by atoms with Crippen molar-refractivity contribution in [2.75, 3.05) is 0 Å². The Kier molecular flexibility index (Phi) is 4.45. The lowest BCUT2D eigenvalue weighted by molar-refractivity contribution is -0.125. The summed E-state index contributed by atoms with van der Waals surface area (Å²) in [5.74, 6) is 0.327. The summed E-state index contributed by atoms with van der Waals surface area (Å²) in [5.41, 5.74) is 0.536. The third-order valence-corrected chi connectivity index (χ3v) is 6.36.